The summed E-state index contributed by atoms with van der Waals surface area (Å²) in [7, 11) is 0. The first kappa shape index (κ1) is 16.9. The lowest BCUT2D eigenvalue weighted by molar-refractivity contribution is -0.115. The number of thioether (sulfide) groups is 1. The molecule has 2 aromatic heterocycles. The Labute approximate surface area is 155 Å². The van der Waals surface area contributed by atoms with E-state index in [0.717, 1.165) is 27.3 Å². The van der Waals surface area contributed by atoms with Gasteiger partial charge in [0.15, 0.2) is 16.8 Å². The second-order valence-corrected chi connectivity index (χ2v) is 7.87. The lowest BCUT2D eigenvalue weighted by atomic mass is 10.3. The zero-order valence-corrected chi connectivity index (χ0v) is 15.1. The largest absolute Gasteiger partial charge is 0.325 e. The summed E-state index contributed by atoms with van der Waals surface area (Å²) in [6.07, 6.45) is 0. The van der Waals surface area contributed by atoms with Crippen molar-refractivity contribution in [2.45, 2.75) is 17.3 Å². The molecule has 132 valence electrons. The van der Waals surface area contributed by atoms with E-state index in [1.807, 2.05) is 28.7 Å². The van der Waals surface area contributed by atoms with Gasteiger partial charge in [-0.05, 0) is 31.2 Å². The number of amides is 1. The molecular formula is C17H12F2N4OS2. The molecule has 0 aliphatic carbocycles. The summed E-state index contributed by atoms with van der Waals surface area (Å²) in [5.74, 6) is -2.30. The number of hydrogen-bond acceptors (Lipinski definition) is 5. The van der Waals surface area contributed by atoms with Crippen LogP contribution < -0.4 is 5.32 Å². The van der Waals surface area contributed by atoms with Gasteiger partial charge in [-0.15, -0.1) is 10.2 Å². The van der Waals surface area contributed by atoms with E-state index in [0.29, 0.717) is 5.16 Å². The summed E-state index contributed by atoms with van der Waals surface area (Å²) in [5, 5.41) is 11.0. The molecule has 2 aromatic carbocycles. The van der Waals surface area contributed by atoms with Crippen molar-refractivity contribution in [3.8, 4) is 0 Å². The normalized spacial score (nSPS) is 12.6. The summed E-state index contributed by atoms with van der Waals surface area (Å²) in [6.45, 7) is 1.72. The molecule has 1 N–H and O–H groups in total. The van der Waals surface area contributed by atoms with Gasteiger partial charge in [-0.25, -0.2) is 8.78 Å². The fourth-order valence-corrected chi connectivity index (χ4v) is 4.34. The summed E-state index contributed by atoms with van der Waals surface area (Å²) in [6, 6.07) is 11.1. The maximum Gasteiger partial charge on any atom is 0.237 e. The Morgan fingerprint density at radius 2 is 2.00 bits per heavy atom. The third kappa shape index (κ3) is 3.04. The van der Waals surface area contributed by atoms with E-state index in [4.69, 9.17) is 0 Å². The van der Waals surface area contributed by atoms with Crippen molar-refractivity contribution in [1.29, 1.82) is 0 Å². The highest BCUT2D eigenvalue weighted by Crippen LogP contribution is 2.31. The van der Waals surface area contributed by atoms with Crippen LogP contribution in [0.25, 0.3) is 15.2 Å². The molecule has 0 radical (unpaired) electrons. The Balaban J connectivity index is 1.55. The van der Waals surface area contributed by atoms with Crippen LogP contribution in [0.2, 0.25) is 0 Å². The number of nitrogens with zero attached hydrogens (tertiary/aromatic N) is 3. The maximum absolute atomic E-state index is 13.3. The van der Waals surface area contributed by atoms with E-state index in [-0.39, 0.29) is 11.6 Å². The molecule has 1 amide bonds. The minimum absolute atomic E-state index is 0.203. The molecule has 0 aliphatic heterocycles. The zero-order valence-electron chi connectivity index (χ0n) is 13.4. The highest BCUT2D eigenvalue weighted by atomic mass is 32.2. The number of halogens is 2. The molecule has 1 atom stereocenters. The van der Waals surface area contributed by atoms with Crippen molar-refractivity contribution in [3.05, 3.63) is 54.1 Å². The van der Waals surface area contributed by atoms with Gasteiger partial charge in [0.05, 0.1) is 15.5 Å². The topological polar surface area (TPSA) is 59.3 Å². The number of anilines is 1. The Morgan fingerprint density at radius 3 is 2.81 bits per heavy atom. The van der Waals surface area contributed by atoms with Gasteiger partial charge in [0.25, 0.3) is 0 Å². The summed E-state index contributed by atoms with van der Waals surface area (Å²) in [5.41, 5.74) is 1.18. The van der Waals surface area contributed by atoms with Crippen LogP contribution in [0, 0.1) is 11.6 Å². The van der Waals surface area contributed by atoms with Crippen molar-refractivity contribution >= 4 is 49.9 Å². The molecule has 0 saturated heterocycles. The Bertz CT molecular complexity index is 1120. The average molecular weight is 390 g/mol. The van der Waals surface area contributed by atoms with Gasteiger partial charge < -0.3 is 5.32 Å². The molecule has 4 aromatic rings. The molecule has 0 spiro atoms. The SMILES string of the molecule is CC(Sc1nnc2sc3ccccc3n12)C(=O)Nc1ccc(F)c(F)c1. The molecular weight excluding hydrogens is 378 g/mol. The average Bonchev–Trinajstić information content (AvgIpc) is 3.18. The second kappa shape index (κ2) is 6.65. The van der Waals surface area contributed by atoms with Crippen LogP contribution in [0.15, 0.2) is 47.6 Å². The Kier molecular flexibility index (Phi) is 4.33. The number of para-hydroxylation sites is 1. The van der Waals surface area contributed by atoms with Crippen molar-refractivity contribution in [1.82, 2.24) is 14.6 Å². The van der Waals surface area contributed by atoms with Crippen LogP contribution in [-0.2, 0) is 4.79 Å². The van der Waals surface area contributed by atoms with Gasteiger partial charge >= 0.3 is 0 Å². The summed E-state index contributed by atoms with van der Waals surface area (Å²) in [4.78, 5) is 13.1. The third-order valence-corrected chi connectivity index (χ3v) is 5.80. The van der Waals surface area contributed by atoms with E-state index in [1.54, 1.807) is 6.92 Å². The second-order valence-electron chi connectivity index (χ2n) is 5.55. The third-order valence-electron chi connectivity index (χ3n) is 3.75. The van der Waals surface area contributed by atoms with Crippen LogP contribution in [0.3, 0.4) is 0 Å². The molecule has 0 saturated carbocycles. The van der Waals surface area contributed by atoms with Gasteiger partial charge in [0.1, 0.15) is 0 Å². The number of fused-ring (bicyclic) bond motifs is 3. The van der Waals surface area contributed by atoms with E-state index < -0.39 is 16.9 Å². The first-order valence-corrected chi connectivity index (χ1v) is 9.38. The Hall–Kier alpha value is -2.52. The molecule has 0 bridgehead atoms. The predicted octanol–water partition coefficient (Wildman–Crippen LogP) is 4.34. The van der Waals surface area contributed by atoms with Gasteiger partial charge in [-0.2, -0.15) is 0 Å². The van der Waals surface area contributed by atoms with Crippen LogP contribution in [0.5, 0.6) is 0 Å². The molecule has 0 aliphatic rings. The molecule has 2 heterocycles. The van der Waals surface area contributed by atoms with E-state index in [2.05, 4.69) is 15.5 Å². The number of aromatic nitrogens is 3. The van der Waals surface area contributed by atoms with Crippen molar-refractivity contribution in [2.75, 3.05) is 5.32 Å². The van der Waals surface area contributed by atoms with E-state index >= 15 is 0 Å². The van der Waals surface area contributed by atoms with Crippen LogP contribution in [0.4, 0.5) is 14.5 Å². The monoisotopic (exact) mass is 390 g/mol. The molecule has 1 unspecified atom stereocenters. The fraction of sp³-hybridized carbons (Fsp3) is 0.118. The minimum Gasteiger partial charge on any atom is -0.325 e. The summed E-state index contributed by atoms with van der Waals surface area (Å²) >= 11 is 2.77. The highest BCUT2D eigenvalue weighted by Gasteiger charge is 2.20. The number of carbonyl (C=O) groups excluding carboxylic acids is 1. The standard InChI is InChI=1S/C17H12F2N4OS2/c1-9(15(24)20-10-6-7-11(18)12(19)8-10)25-16-21-22-17-23(16)13-4-2-3-5-14(13)26-17/h2-9H,1H3,(H,20,24). The number of nitrogens with one attached hydrogen (secondary N) is 1. The van der Waals surface area contributed by atoms with Crippen molar-refractivity contribution < 1.29 is 13.6 Å². The van der Waals surface area contributed by atoms with Crippen LogP contribution >= 0.6 is 23.1 Å². The van der Waals surface area contributed by atoms with Gasteiger partial charge in [0, 0.05) is 11.8 Å². The first-order valence-electron chi connectivity index (χ1n) is 7.68. The molecule has 26 heavy (non-hydrogen) atoms. The zero-order chi connectivity index (χ0) is 18.3. The van der Waals surface area contributed by atoms with E-state index in [1.165, 1.54) is 29.2 Å². The van der Waals surface area contributed by atoms with Gasteiger partial charge in [-0.1, -0.05) is 35.2 Å². The molecule has 4 rings (SSSR count). The predicted molar refractivity (Wildman–Crippen MR) is 98.7 cm³/mol. The van der Waals surface area contributed by atoms with Crippen molar-refractivity contribution in [2.24, 2.45) is 0 Å². The lowest BCUT2D eigenvalue weighted by Gasteiger charge is -2.11. The van der Waals surface area contributed by atoms with Gasteiger partial charge in [-0.3, -0.25) is 9.20 Å². The number of thiazole rings is 1. The maximum atomic E-state index is 13.3. The minimum atomic E-state index is -1.01. The molecule has 0 fully saturated rings. The number of rotatable bonds is 4. The molecule has 9 heteroatoms. The van der Waals surface area contributed by atoms with Gasteiger partial charge in [0.2, 0.25) is 10.9 Å². The number of hydrogen-bond donors (Lipinski definition) is 1. The van der Waals surface area contributed by atoms with E-state index in [9.17, 15) is 13.6 Å². The number of benzene rings is 2. The highest BCUT2D eigenvalue weighted by molar-refractivity contribution is 8.00. The number of carbonyl (C=O) groups is 1. The van der Waals surface area contributed by atoms with Crippen LogP contribution in [0.1, 0.15) is 6.92 Å². The smallest absolute Gasteiger partial charge is 0.237 e. The molecule has 5 nitrogen and oxygen atoms in total. The fourth-order valence-electron chi connectivity index (χ4n) is 2.46. The van der Waals surface area contributed by atoms with Crippen molar-refractivity contribution in [3.63, 3.8) is 0 Å². The first-order chi connectivity index (χ1) is 12.5. The summed E-state index contributed by atoms with van der Waals surface area (Å²) < 4.78 is 29.2. The Morgan fingerprint density at radius 1 is 1.19 bits per heavy atom. The van der Waals surface area contributed by atoms with Crippen LogP contribution in [-0.4, -0.2) is 25.8 Å². The lowest BCUT2D eigenvalue weighted by Crippen LogP contribution is -2.22. The quantitative estimate of drug-likeness (QED) is 0.527.